The summed E-state index contributed by atoms with van der Waals surface area (Å²) in [6.07, 6.45) is 1.15. The van der Waals surface area contributed by atoms with Crippen LogP contribution in [0.4, 0.5) is 0 Å². The number of aliphatic hydroxyl groups is 3. The van der Waals surface area contributed by atoms with E-state index in [1.54, 1.807) is 14.1 Å². The van der Waals surface area contributed by atoms with E-state index in [0.717, 1.165) is 13.0 Å². The molecule has 0 heterocycles. The van der Waals surface area contributed by atoms with Gasteiger partial charge in [0.15, 0.2) is 11.4 Å². The minimum absolute atomic E-state index is 0.0135. The Morgan fingerprint density at radius 1 is 1.17 bits per heavy atom. The van der Waals surface area contributed by atoms with Gasteiger partial charge in [0.25, 0.3) is 5.91 Å². The number of phenols is 1. The number of phenolic OH excluding ortho intramolecular Hbond substituents is 1. The number of aliphatic hydroxyl groups excluding tert-OH is 2. The smallest absolute Gasteiger partial charge is 0.255 e. The molecule has 1 amide bonds. The fraction of sp³-hybridized carbons (Fsp3) is 0.567. The van der Waals surface area contributed by atoms with E-state index in [1.807, 2.05) is 0 Å². The van der Waals surface area contributed by atoms with E-state index in [1.165, 1.54) is 11.0 Å². The molecule has 1 aromatic carbocycles. The summed E-state index contributed by atoms with van der Waals surface area (Å²) in [7, 11) is 3.18. The number of fused-ring (bicyclic) bond motifs is 3. The number of carbonyl (C=O) groups is 3. The van der Waals surface area contributed by atoms with Crippen LogP contribution >= 0.6 is 11.6 Å². The van der Waals surface area contributed by atoms with Gasteiger partial charge in [0.1, 0.15) is 22.8 Å². The van der Waals surface area contributed by atoms with E-state index in [4.69, 9.17) is 17.3 Å². The summed E-state index contributed by atoms with van der Waals surface area (Å²) < 4.78 is 0. The van der Waals surface area contributed by atoms with Gasteiger partial charge in [-0.2, -0.15) is 0 Å². The lowest BCUT2D eigenvalue weighted by molar-refractivity contribution is -0.148. The van der Waals surface area contributed by atoms with Crippen LogP contribution in [0, 0.1) is 17.8 Å². The number of amides is 1. The Morgan fingerprint density at radius 3 is 2.34 bits per heavy atom. The average Bonchev–Trinajstić information content (AvgIpc) is 2.85. The molecule has 0 unspecified atom stereocenters. The van der Waals surface area contributed by atoms with E-state index < -0.39 is 58.0 Å². The van der Waals surface area contributed by atoms with Crippen LogP contribution in [-0.4, -0.2) is 86.0 Å². The van der Waals surface area contributed by atoms with Crippen molar-refractivity contribution >= 4 is 29.1 Å². The molecular weight excluding hydrogens is 550 g/mol. The molecular formula is C30H40ClN3O7. The van der Waals surface area contributed by atoms with Crippen LogP contribution < -0.4 is 5.73 Å². The SMILES string of the molecule is CC(C)CCN(Cc1cc(O)c2c(c1Cl)C[C@H]1C[C@H]3[C@H](N(C)C)C(O)=C(C(N)=O)C(=O)[C@@]3(O)C(O)=C1C2=O)C(C)C. The van der Waals surface area contributed by atoms with Gasteiger partial charge in [0, 0.05) is 29.1 Å². The van der Waals surface area contributed by atoms with Crippen LogP contribution in [0.25, 0.3) is 0 Å². The van der Waals surface area contributed by atoms with Gasteiger partial charge in [-0.15, -0.1) is 0 Å². The standard InChI is InChI=1S/C30H40ClN3O7/c1-13(2)7-8-34(14(3)4)12-16-11-19(35)21-17(23(16)31)9-15-10-18-24(33(5)6)26(37)22(29(32)40)28(39)30(18,41)27(38)20(15)25(21)36/h11,13-15,18,24,35,37-38,41H,7-10,12H2,1-6H3,(H2,32,40)/t15-,18-,24-,30-/m0/s1. The molecule has 3 aliphatic carbocycles. The Labute approximate surface area is 245 Å². The molecule has 41 heavy (non-hydrogen) atoms. The second-order valence-electron chi connectivity index (χ2n) is 12.4. The minimum atomic E-state index is -2.67. The lowest BCUT2D eigenvalue weighted by atomic mass is 9.58. The quantitative estimate of drug-likeness (QED) is 0.287. The molecule has 0 bridgehead atoms. The largest absolute Gasteiger partial charge is 0.510 e. The Morgan fingerprint density at radius 2 is 1.80 bits per heavy atom. The molecule has 0 spiro atoms. The Balaban J connectivity index is 1.82. The van der Waals surface area contributed by atoms with E-state index >= 15 is 0 Å². The molecule has 0 saturated carbocycles. The van der Waals surface area contributed by atoms with Gasteiger partial charge in [-0.1, -0.05) is 25.4 Å². The van der Waals surface area contributed by atoms with Gasteiger partial charge >= 0.3 is 0 Å². The number of hydrogen-bond acceptors (Lipinski definition) is 9. The van der Waals surface area contributed by atoms with Gasteiger partial charge in [0.2, 0.25) is 5.78 Å². The van der Waals surface area contributed by atoms with E-state index in [2.05, 4.69) is 32.6 Å². The molecule has 1 aromatic rings. The number of primary amides is 1. The van der Waals surface area contributed by atoms with Crippen molar-refractivity contribution in [3.63, 3.8) is 0 Å². The summed E-state index contributed by atoms with van der Waals surface area (Å²) in [6, 6.07) is 0.628. The lowest BCUT2D eigenvalue weighted by Crippen LogP contribution is -2.63. The van der Waals surface area contributed by atoms with Crippen molar-refractivity contribution < 1.29 is 34.8 Å². The zero-order chi connectivity index (χ0) is 30.7. The highest BCUT2D eigenvalue weighted by Crippen LogP contribution is 2.53. The van der Waals surface area contributed by atoms with Crippen LogP contribution in [0.15, 0.2) is 28.7 Å². The molecule has 0 radical (unpaired) electrons. The van der Waals surface area contributed by atoms with Gasteiger partial charge < -0.3 is 26.2 Å². The van der Waals surface area contributed by atoms with Crippen LogP contribution in [-0.2, 0) is 22.6 Å². The normalized spacial score (nSPS) is 26.3. The highest BCUT2D eigenvalue weighted by atomic mass is 35.5. The maximum absolute atomic E-state index is 13.8. The van der Waals surface area contributed by atoms with Crippen molar-refractivity contribution in [3.05, 3.63) is 50.4 Å². The second kappa shape index (κ2) is 11.1. The minimum Gasteiger partial charge on any atom is -0.510 e. The maximum Gasteiger partial charge on any atom is 0.255 e. The third-order valence-electron chi connectivity index (χ3n) is 8.83. The molecule has 224 valence electrons. The van der Waals surface area contributed by atoms with Gasteiger partial charge in [-0.05, 0) is 82.8 Å². The first-order valence-corrected chi connectivity index (χ1v) is 14.3. The molecule has 0 saturated heterocycles. The molecule has 0 aromatic heterocycles. The number of nitrogens with zero attached hydrogens (tertiary/aromatic N) is 2. The fourth-order valence-corrected chi connectivity index (χ4v) is 6.92. The van der Waals surface area contributed by atoms with Crippen molar-refractivity contribution in [2.75, 3.05) is 20.6 Å². The number of carbonyl (C=O) groups excluding carboxylic acids is 3. The van der Waals surface area contributed by atoms with E-state index in [-0.39, 0.29) is 35.8 Å². The summed E-state index contributed by atoms with van der Waals surface area (Å²) in [5.41, 5.74) is 2.69. The average molecular weight is 590 g/mol. The number of nitrogens with two attached hydrogens (primary N) is 1. The van der Waals surface area contributed by atoms with Crippen molar-refractivity contribution in [1.29, 1.82) is 0 Å². The summed E-state index contributed by atoms with van der Waals surface area (Å²) in [6.45, 7) is 9.76. The van der Waals surface area contributed by atoms with Gasteiger partial charge in [-0.3, -0.25) is 24.2 Å². The first kappa shape index (κ1) is 31.0. The molecule has 6 N–H and O–H groups in total. The number of benzene rings is 1. The number of rotatable bonds is 8. The van der Waals surface area contributed by atoms with Crippen LogP contribution in [0.5, 0.6) is 5.75 Å². The van der Waals surface area contributed by atoms with Crippen molar-refractivity contribution in [2.24, 2.45) is 23.5 Å². The zero-order valence-electron chi connectivity index (χ0n) is 24.4. The topological polar surface area (TPSA) is 165 Å². The highest BCUT2D eigenvalue weighted by Gasteiger charge is 2.63. The van der Waals surface area contributed by atoms with Crippen LogP contribution in [0.3, 0.4) is 0 Å². The number of likely N-dealkylation sites (N-methyl/N-ethyl adjacent to an activating group) is 1. The molecule has 4 rings (SSSR count). The summed E-state index contributed by atoms with van der Waals surface area (Å²) in [4.78, 5) is 43.1. The van der Waals surface area contributed by atoms with Crippen LogP contribution in [0.2, 0.25) is 5.02 Å². The predicted molar refractivity (Wildman–Crippen MR) is 154 cm³/mol. The second-order valence-corrected chi connectivity index (χ2v) is 12.8. The third-order valence-corrected chi connectivity index (χ3v) is 9.30. The Bertz CT molecular complexity index is 1370. The number of aromatic hydroxyl groups is 1. The number of ketones is 2. The Hall–Kier alpha value is -2.92. The third kappa shape index (κ3) is 4.94. The Kier molecular flexibility index (Phi) is 8.36. The highest BCUT2D eigenvalue weighted by molar-refractivity contribution is 6.33. The van der Waals surface area contributed by atoms with Crippen molar-refractivity contribution in [1.82, 2.24) is 9.80 Å². The van der Waals surface area contributed by atoms with Crippen molar-refractivity contribution in [2.45, 2.75) is 71.2 Å². The molecule has 3 aliphatic rings. The van der Waals surface area contributed by atoms with Crippen LogP contribution in [0.1, 0.15) is 62.0 Å². The molecule has 4 atom stereocenters. The van der Waals surface area contributed by atoms with Crippen molar-refractivity contribution in [3.8, 4) is 5.75 Å². The first-order chi connectivity index (χ1) is 19.0. The number of Topliss-reactive ketones (excluding diaryl/α,β-unsaturated/α-hetero) is 2. The van der Waals surface area contributed by atoms with E-state index in [0.29, 0.717) is 28.6 Å². The lowest BCUT2D eigenvalue weighted by Gasteiger charge is -2.50. The maximum atomic E-state index is 13.8. The molecule has 10 nitrogen and oxygen atoms in total. The van der Waals surface area contributed by atoms with Gasteiger partial charge in [0.05, 0.1) is 11.6 Å². The number of halogens is 1. The predicted octanol–water partition coefficient (Wildman–Crippen LogP) is 3.03. The summed E-state index contributed by atoms with van der Waals surface area (Å²) >= 11 is 6.91. The van der Waals surface area contributed by atoms with Gasteiger partial charge in [-0.25, -0.2) is 0 Å². The number of hydrogen-bond donors (Lipinski definition) is 5. The number of allylic oxidation sites excluding steroid dienone is 1. The first-order valence-electron chi connectivity index (χ1n) is 14.0. The molecule has 11 heteroatoms. The fourth-order valence-electron chi connectivity index (χ4n) is 6.63. The molecule has 0 fully saturated rings. The molecule has 0 aliphatic heterocycles. The zero-order valence-corrected chi connectivity index (χ0v) is 25.1. The summed E-state index contributed by atoms with van der Waals surface area (Å²) in [5, 5.41) is 45.4. The van der Waals surface area contributed by atoms with E-state index in [9.17, 15) is 34.8 Å². The monoisotopic (exact) mass is 589 g/mol. The summed E-state index contributed by atoms with van der Waals surface area (Å²) in [5.74, 6) is -6.32.